The van der Waals surface area contributed by atoms with Crippen molar-refractivity contribution in [3.05, 3.63) is 66.5 Å². The Kier molecular flexibility index (Phi) is 8.58. The van der Waals surface area contributed by atoms with Crippen LogP contribution in [0.5, 0.6) is 0 Å². The van der Waals surface area contributed by atoms with Crippen LogP contribution in [0, 0.1) is 0 Å². The molecule has 0 unspecified atom stereocenters. The van der Waals surface area contributed by atoms with E-state index in [0.29, 0.717) is 30.4 Å². The molecule has 0 bridgehead atoms. The number of amides is 2. The highest BCUT2D eigenvalue weighted by molar-refractivity contribution is 5.92. The van der Waals surface area contributed by atoms with Crippen LogP contribution in [-0.4, -0.2) is 39.4 Å². The van der Waals surface area contributed by atoms with E-state index in [4.69, 9.17) is 5.73 Å². The molecule has 2 heterocycles. The monoisotopic (exact) mass is 485 g/mol. The predicted octanol–water partition coefficient (Wildman–Crippen LogP) is 4.02. The highest BCUT2D eigenvalue weighted by atomic mass is 16.2. The van der Waals surface area contributed by atoms with Crippen LogP contribution in [0.15, 0.2) is 60.9 Å². The molecule has 0 saturated heterocycles. The number of nitrogen functional groups attached to an aromatic ring is 1. The minimum absolute atomic E-state index is 0.0473. The molecular formula is C27H31N7O2. The normalized spacial score (nSPS) is 12.9. The van der Waals surface area contributed by atoms with Crippen molar-refractivity contribution in [2.24, 2.45) is 0 Å². The van der Waals surface area contributed by atoms with E-state index in [1.54, 1.807) is 18.5 Å². The second kappa shape index (κ2) is 12.4. The van der Waals surface area contributed by atoms with Crippen molar-refractivity contribution in [3.63, 3.8) is 0 Å². The lowest BCUT2D eigenvalue weighted by molar-refractivity contribution is -0.117. The summed E-state index contributed by atoms with van der Waals surface area (Å²) in [4.78, 5) is 36.9. The fraction of sp³-hybridized carbons (Fsp3) is 0.296. The van der Waals surface area contributed by atoms with Gasteiger partial charge in [-0.1, -0.05) is 24.6 Å². The lowest BCUT2D eigenvalue weighted by Crippen LogP contribution is -2.22. The molecule has 2 amide bonds. The van der Waals surface area contributed by atoms with Crippen LogP contribution in [0.4, 0.5) is 17.5 Å². The van der Waals surface area contributed by atoms with Gasteiger partial charge in [-0.3, -0.25) is 14.6 Å². The van der Waals surface area contributed by atoms with Crippen LogP contribution in [0.2, 0.25) is 0 Å². The third kappa shape index (κ3) is 8.19. The van der Waals surface area contributed by atoms with Gasteiger partial charge in [0.2, 0.25) is 17.8 Å². The minimum atomic E-state index is -0.141. The number of carbonyl (C=O) groups excluding carboxylic acids is 2. The van der Waals surface area contributed by atoms with Gasteiger partial charge in [0, 0.05) is 54.8 Å². The van der Waals surface area contributed by atoms with Crippen molar-refractivity contribution >= 4 is 35.3 Å². The van der Waals surface area contributed by atoms with E-state index in [1.165, 1.54) is 6.08 Å². The third-order valence-corrected chi connectivity index (χ3v) is 5.61. The third-order valence-electron chi connectivity index (χ3n) is 5.61. The summed E-state index contributed by atoms with van der Waals surface area (Å²) in [6.07, 6.45) is 11.7. The largest absolute Gasteiger partial charge is 0.368 e. The lowest BCUT2D eigenvalue weighted by atomic mass is 10.1. The number of unbranched alkanes of at least 4 members (excludes halogenated alkanes) is 2. The van der Waals surface area contributed by atoms with Crippen molar-refractivity contribution in [1.29, 1.82) is 0 Å². The number of nitrogens with one attached hydrogen (secondary N) is 3. The summed E-state index contributed by atoms with van der Waals surface area (Å²) in [6, 6.07) is 13.6. The molecule has 5 N–H and O–H groups in total. The predicted molar refractivity (Wildman–Crippen MR) is 142 cm³/mol. The summed E-state index contributed by atoms with van der Waals surface area (Å²) in [5.41, 5.74) is 9.04. The molecule has 186 valence electrons. The molecule has 1 aliphatic rings. The van der Waals surface area contributed by atoms with Crippen molar-refractivity contribution in [1.82, 2.24) is 20.3 Å². The summed E-state index contributed by atoms with van der Waals surface area (Å²) in [7, 11) is 0. The van der Waals surface area contributed by atoms with Gasteiger partial charge in [0.25, 0.3) is 0 Å². The molecule has 0 atom stereocenters. The van der Waals surface area contributed by atoms with Gasteiger partial charge in [-0.25, -0.2) is 4.98 Å². The Labute approximate surface area is 210 Å². The molecule has 3 aromatic rings. The topological polar surface area (TPSA) is 135 Å². The molecule has 1 aliphatic carbocycles. The van der Waals surface area contributed by atoms with E-state index in [-0.39, 0.29) is 17.8 Å². The van der Waals surface area contributed by atoms with E-state index in [2.05, 4.69) is 30.9 Å². The number of benzene rings is 1. The maximum atomic E-state index is 12.4. The second-order valence-corrected chi connectivity index (χ2v) is 8.77. The Morgan fingerprint density at radius 2 is 1.94 bits per heavy atom. The Balaban J connectivity index is 1.17. The number of rotatable bonds is 12. The standard InChI is InChI=1S/C27H31N7O2/c28-27-33-23(17-24(34-27)31-21-11-12-21)20-7-4-8-22(16-20)32-26(36)9-2-1-3-15-30-25(35)13-10-19-6-5-14-29-18-19/h4-8,10,13-14,16-18,21H,1-3,9,11-12,15H2,(H,30,35)(H,32,36)(H3,28,31,33,34)/b13-10+. The Morgan fingerprint density at radius 1 is 1.06 bits per heavy atom. The zero-order valence-corrected chi connectivity index (χ0v) is 20.1. The molecule has 1 aromatic carbocycles. The van der Waals surface area contributed by atoms with Crippen LogP contribution >= 0.6 is 0 Å². The van der Waals surface area contributed by atoms with E-state index < -0.39 is 0 Å². The Hall–Kier alpha value is -4.27. The van der Waals surface area contributed by atoms with E-state index in [0.717, 1.165) is 49.0 Å². The average molecular weight is 486 g/mol. The van der Waals surface area contributed by atoms with Gasteiger partial charge < -0.3 is 21.7 Å². The summed E-state index contributed by atoms with van der Waals surface area (Å²) < 4.78 is 0. The minimum Gasteiger partial charge on any atom is -0.368 e. The first-order chi connectivity index (χ1) is 17.5. The average Bonchev–Trinajstić information content (AvgIpc) is 3.69. The maximum absolute atomic E-state index is 12.4. The fourth-order valence-corrected chi connectivity index (χ4v) is 3.61. The SMILES string of the molecule is Nc1nc(NC2CC2)cc(-c2cccc(NC(=O)CCCCCNC(=O)/C=C/c3cccnc3)c2)n1. The molecule has 4 rings (SSSR count). The van der Waals surface area contributed by atoms with Crippen molar-refractivity contribution in [2.45, 2.75) is 44.6 Å². The highest BCUT2D eigenvalue weighted by Crippen LogP contribution is 2.27. The van der Waals surface area contributed by atoms with Crippen molar-refractivity contribution in [3.8, 4) is 11.3 Å². The summed E-state index contributed by atoms with van der Waals surface area (Å²) in [5, 5.41) is 9.15. The van der Waals surface area contributed by atoms with Crippen molar-refractivity contribution < 1.29 is 9.59 Å². The van der Waals surface area contributed by atoms with Gasteiger partial charge in [0.15, 0.2) is 0 Å². The lowest BCUT2D eigenvalue weighted by Gasteiger charge is -2.10. The summed E-state index contributed by atoms with van der Waals surface area (Å²) >= 11 is 0. The van der Waals surface area contributed by atoms with Crippen LogP contribution in [0.3, 0.4) is 0 Å². The molecular weight excluding hydrogens is 454 g/mol. The summed E-state index contributed by atoms with van der Waals surface area (Å²) in [6.45, 7) is 0.569. The van der Waals surface area contributed by atoms with Crippen LogP contribution in [-0.2, 0) is 9.59 Å². The van der Waals surface area contributed by atoms with Gasteiger partial charge in [0.1, 0.15) is 5.82 Å². The Bertz CT molecular complexity index is 1210. The first kappa shape index (κ1) is 24.8. The van der Waals surface area contributed by atoms with Gasteiger partial charge >= 0.3 is 0 Å². The number of hydrogen-bond acceptors (Lipinski definition) is 7. The number of carbonyl (C=O) groups is 2. The Morgan fingerprint density at radius 3 is 2.75 bits per heavy atom. The molecule has 36 heavy (non-hydrogen) atoms. The van der Waals surface area contributed by atoms with Gasteiger partial charge in [-0.05, 0) is 55.5 Å². The van der Waals surface area contributed by atoms with Crippen LogP contribution < -0.4 is 21.7 Å². The number of pyridine rings is 1. The number of hydrogen-bond donors (Lipinski definition) is 4. The number of aromatic nitrogens is 3. The molecule has 2 aromatic heterocycles. The fourth-order valence-electron chi connectivity index (χ4n) is 3.61. The number of nitrogens with two attached hydrogens (primary N) is 1. The highest BCUT2D eigenvalue weighted by Gasteiger charge is 2.21. The summed E-state index contributed by atoms with van der Waals surface area (Å²) in [5.74, 6) is 0.743. The molecule has 0 spiro atoms. The number of anilines is 3. The second-order valence-electron chi connectivity index (χ2n) is 8.77. The molecule has 9 heteroatoms. The molecule has 9 nitrogen and oxygen atoms in total. The smallest absolute Gasteiger partial charge is 0.243 e. The first-order valence-electron chi connectivity index (χ1n) is 12.2. The van der Waals surface area contributed by atoms with E-state index in [1.807, 2.05) is 42.5 Å². The zero-order valence-electron chi connectivity index (χ0n) is 20.1. The van der Waals surface area contributed by atoms with Gasteiger partial charge in [-0.15, -0.1) is 0 Å². The molecule has 1 fully saturated rings. The molecule has 1 saturated carbocycles. The van der Waals surface area contributed by atoms with E-state index in [9.17, 15) is 9.59 Å². The maximum Gasteiger partial charge on any atom is 0.243 e. The van der Waals surface area contributed by atoms with Gasteiger partial charge in [-0.2, -0.15) is 4.98 Å². The van der Waals surface area contributed by atoms with Crippen molar-refractivity contribution in [2.75, 3.05) is 22.9 Å². The van der Waals surface area contributed by atoms with E-state index >= 15 is 0 Å². The quantitative estimate of drug-likeness (QED) is 0.225. The molecule has 0 aliphatic heterocycles. The first-order valence-corrected chi connectivity index (χ1v) is 12.2. The van der Waals surface area contributed by atoms with Gasteiger partial charge in [0.05, 0.1) is 5.69 Å². The van der Waals surface area contributed by atoms with Crippen LogP contribution in [0.25, 0.3) is 17.3 Å². The number of nitrogens with zero attached hydrogens (tertiary/aromatic N) is 3. The van der Waals surface area contributed by atoms with Crippen LogP contribution in [0.1, 0.15) is 44.1 Å². The zero-order chi connectivity index (χ0) is 25.2. The molecule has 0 radical (unpaired) electrons.